The molecule has 5 nitrogen and oxygen atoms in total. The average Bonchev–Trinajstić information content (AvgIpc) is 2.49. The summed E-state index contributed by atoms with van der Waals surface area (Å²) in [6.45, 7) is 11.5. The fourth-order valence-electron chi connectivity index (χ4n) is 3.77. The van der Waals surface area contributed by atoms with E-state index in [1.54, 1.807) is 0 Å². The van der Waals surface area contributed by atoms with Crippen molar-refractivity contribution in [2.45, 2.75) is 52.2 Å². The minimum atomic E-state index is -0.302. The third-order valence-electron chi connectivity index (χ3n) is 5.25. The van der Waals surface area contributed by atoms with Crippen molar-refractivity contribution >= 4 is 30.7 Å². The molecule has 2 saturated heterocycles. The summed E-state index contributed by atoms with van der Waals surface area (Å²) < 4.78 is 0. The van der Waals surface area contributed by atoms with Gasteiger partial charge in [0, 0.05) is 38.6 Å². The highest BCUT2D eigenvalue weighted by Gasteiger charge is 2.29. The van der Waals surface area contributed by atoms with Crippen molar-refractivity contribution in [2.75, 3.05) is 39.3 Å². The fourth-order valence-corrected chi connectivity index (χ4v) is 3.77. The number of nitrogens with one attached hydrogen (secondary N) is 1. The molecule has 2 fully saturated rings. The number of piperidine rings is 1. The van der Waals surface area contributed by atoms with E-state index >= 15 is 0 Å². The van der Waals surface area contributed by atoms with Gasteiger partial charge in [0.25, 0.3) is 0 Å². The molecule has 0 bridgehead atoms. The van der Waals surface area contributed by atoms with Gasteiger partial charge in [0.1, 0.15) is 0 Å². The average molecular weight is 384 g/mol. The first-order valence-electron chi connectivity index (χ1n) is 8.88. The molecule has 2 aliphatic heterocycles. The Morgan fingerprint density at radius 1 is 1.29 bits per heavy atom. The number of hydrogen-bond acceptors (Lipinski definition) is 4. The Balaban J connectivity index is 0.00000264. The van der Waals surface area contributed by atoms with Crippen molar-refractivity contribution in [3.05, 3.63) is 0 Å². The van der Waals surface area contributed by atoms with Gasteiger partial charge in [-0.15, -0.1) is 24.8 Å². The number of nitrogens with zero attached hydrogens (tertiary/aromatic N) is 2. The molecular weight excluding hydrogens is 349 g/mol. The molecule has 24 heavy (non-hydrogen) atoms. The van der Waals surface area contributed by atoms with Gasteiger partial charge >= 0.3 is 0 Å². The van der Waals surface area contributed by atoms with E-state index < -0.39 is 0 Å². The van der Waals surface area contributed by atoms with Crippen molar-refractivity contribution in [1.29, 1.82) is 0 Å². The first kappa shape index (κ1) is 23.9. The molecule has 1 amide bonds. The molecule has 0 saturated carbocycles. The molecule has 0 aromatic rings. The summed E-state index contributed by atoms with van der Waals surface area (Å²) in [6.07, 6.45) is 2.86. The first-order chi connectivity index (χ1) is 10.5. The lowest BCUT2D eigenvalue weighted by molar-refractivity contribution is -0.135. The van der Waals surface area contributed by atoms with Crippen LogP contribution in [-0.4, -0.2) is 72.2 Å². The molecule has 0 spiro atoms. The largest absolute Gasteiger partial charge is 0.392 e. The van der Waals surface area contributed by atoms with Gasteiger partial charge in [-0.05, 0) is 51.6 Å². The van der Waals surface area contributed by atoms with Crippen LogP contribution in [0.3, 0.4) is 0 Å². The molecule has 2 aliphatic rings. The Morgan fingerprint density at radius 2 is 2.00 bits per heavy atom. The summed E-state index contributed by atoms with van der Waals surface area (Å²) in [6, 6.07) is 0.332. The second-order valence-corrected chi connectivity index (χ2v) is 7.32. The molecule has 2 N–H and O–H groups in total. The highest BCUT2D eigenvalue weighted by Crippen LogP contribution is 2.24. The number of rotatable bonds is 5. The van der Waals surface area contributed by atoms with Crippen LogP contribution < -0.4 is 5.32 Å². The van der Waals surface area contributed by atoms with E-state index in [4.69, 9.17) is 0 Å². The molecule has 2 heterocycles. The van der Waals surface area contributed by atoms with E-state index in [-0.39, 0.29) is 30.9 Å². The van der Waals surface area contributed by atoms with Crippen LogP contribution in [0.1, 0.15) is 40.0 Å². The van der Waals surface area contributed by atoms with E-state index in [0.29, 0.717) is 36.8 Å². The Hall–Kier alpha value is -0.0700. The molecule has 0 aromatic heterocycles. The molecular formula is C17H35Cl2N3O2. The molecule has 4 atom stereocenters. The van der Waals surface area contributed by atoms with Gasteiger partial charge in [0.15, 0.2) is 0 Å². The summed E-state index contributed by atoms with van der Waals surface area (Å²) in [5, 5.41) is 13.0. The zero-order valence-electron chi connectivity index (χ0n) is 15.2. The van der Waals surface area contributed by atoms with Gasteiger partial charge in [0.2, 0.25) is 5.91 Å². The fraction of sp³-hybridized carbons (Fsp3) is 0.941. The minimum Gasteiger partial charge on any atom is -0.392 e. The highest BCUT2D eigenvalue weighted by molar-refractivity contribution is 5.85. The first-order valence-corrected chi connectivity index (χ1v) is 8.88. The maximum absolute atomic E-state index is 12.6. The van der Waals surface area contributed by atoms with Gasteiger partial charge < -0.3 is 15.3 Å². The van der Waals surface area contributed by atoms with Crippen molar-refractivity contribution in [3.63, 3.8) is 0 Å². The van der Waals surface area contributed by atoms with Gasteiger partial charge in [-0.1, -0.05) is 6.92 Å². The lowest BCUT2D eigenvalue weighted by Gasteiger charge is -2.41. The lowest BCUT2D eigenvalue weighted by atomic mass is 9.85. The number of halogens is 2. The quantitative estimate of drug-likeness (QED) is 0.759. The van der Waals surface area contributed by atoms with Crippen LogP contribution in [0.15, 0.2) is 0 Å². The Bertz CT molecular complexity index is 366. The SMILES string of the molecule is CC(O)CN1CCN(C(=O)CC(C)C2CCCNC2)CC1C.Cl.Cl. The van der Waals surface area contributed by atoms with E-state index in [2.05, 4.69) is 24.1 Å². The van der Waals surface area contributed by atoms with Crippen LogP contribution in [0, 0.1) is 11.8 Å². The number of amides is 1. The number of β-amino-alcohol motifs (C(OH)–C–C–N with tert-alkyl or cyclic N) is 1. The highest BCUT2D eigenvalue weighted by atomic mass is 35.5. The third-order valence-corrected chi connectivity index (χ3v) is 5.25. The predicted molar refractivity (Wildman–Crippen MR) is 103 cm³/mol. The van der Waals surface area contributed by atoms with E-state index in [1.165, 1.54) is 12.8 Å². The van der Waals surface area contributed by atoms with E-state index in [0.717, 1.165) is 32.7 Å². The maximum Gasteiger partial charge on any atom is 0.222 e. The summed E-state index contributed by atoms with van der Waals surface area (Å²) in [7, 11) is 0. The van der Waals surface area contributed by atoms with Gasteiger partial charge in [-0.25, -0.2) is 0 Å². The Labute approximate surface area is 159 Å². The van der Waals surface area contributed by atoms with Crippen molar-refractivity contribution < 1.29 is 9.90 Å². The molecule has 4 unspecified atom stereocenters. The predicted octanol–water partition coefficient (Wildman–Crippen LogP) is 1.77. The molecule has 144 valence electrons. The molecule has 0 aromatic carbocycles. The van der Waals surface area contributed by atoms with Crippen LogP contribution >= 0.6 is 24.8 Å². The zero-order valence-corrected chi connectivity index (χ0v) is 16.9. The van der Waals surface area contributed by atoms with Crippen molar-refractivity contribution in [2.24, 2.45) is 11.8 Å². The van der Waals surface area contributed by atoms with Crippen LogP contribution in [0.5, 0.6) is 0 Å². The third kappa shape index (κ3) is 7.04. The number of aliphatic hydroxyl groups is 1. The van der Waals surface area contributed by atoms with Gasteiger partial charge in [-0.3, -0.25) is 9.69 Å². The minimum absolute atomic E-state index is 0. The normalized spacial score (nSPS) is 27.6. The maximum atomic E-state index is 12.6. The molecule has 7 heteroatoms. The lowest BCUT2D eigenvalue weighted by Crippen LogP contribution is -2.55. The number of carbonyl (C=O) groups is 1. The topological polar surface area (TPSA) is 55.8 Å². The Morgan fingerprint density at radius 3 is 2.54 bits per heavy atom. The second kappa shape index (κ2) is 11.5. The molecule has 0 radical (unpaired) electrons. The number of piperazine rings is 1. The summed E-state index contributed by atoms with van der Waals surface area (Å²) in [4.78, 5) is 16.9. The smallest absolute Gasteiger partial charge is 0.222 e. The number of hydrogen-bond donors (Lipinski definition) is 2. The van der Waals surface area contributed by atoms with Crippen molar-refractivity contribution in [1.82, 2.24) is 15.1 Å². The van der Waals surface area contributed by atoms with Gasteiger partial charge in [0.05, 0.1) is 6.10 Å². The second-order valence-electron chi connectivity index (χ2n) is 7.32. The van der Waals surface area contributed by atoms with Crippen LogP contribution in [0.2, 0.25) is 0 Å². The van der Waals surface area contributed by atoms with Crippen LogP contribution in [0.4, 0.5) is 0 Å². The van der Waals surface area contributed by atoms with Crippen LogP contribution in [-0.2, 0) is 4.79 Å². The molecule has 0 aliphatic carbocycles. The Kier molecular flexibility index (Phi) is 11.5. The monoisotopic (exact) mass is 383 g/mol. The zero-order chi connectivity index (χ0) is 16.1. The number of aliphatic hydroxyl groups excluding tert-OH is 1. The van der Waals surface area contributed by atoms with Crippen LogP contribution in [0.25, 0.3) is 0 Å². The number of carbonyl (C=O) groups excluding carboxylic acids is 1. The van der Waals surface area contributed by atoms with E-state index in [1.807, 2.05) is 11.8 Å². The summed E-state index contributed by atoms with van der Waals surface area (Å²) in [5.41, 5.74) is 0. The van der Waals surface area contributed by atoms with E-state index in [9.17, 15) is 9.90 Å². The van der Waals surface area contributed by atoms with Gasteiger partial charge in [-0.2, -0.15) is 0 Å². The van der Waals surface area contributed by atoms with Crippen molar-refractivity contribution in [3.8, 4) is 0 Å². The molecule has 2 rings (SSSR count). The summed E-state index contributed by atoms with van der Waals surface area (Å²) in [5.74, 6) is 1.42. The standard InChI is InChI=1S/C17H33N3O2.2ClH/c1-13(16-5-4-6-18-10-16)9-17(22)20-8-7-19(12-15(3)21)14(2)11-20;;/h13-16,18,21H,4-12H2,1-3H3;2*1H. The summed E-state index contributed by atoms with van der Waals surface area (Å²) >= 11 is 0.